The molecule has 20 heavy (non-hydrogen) atoms. The minimum absolute atomic E-state index is 0.830. The van der Waals surface area contributed by atoms with Crippen LogP contribution in [-0.2, 0) is 0 Å². The summed E-state index contributed by atoms with van der Waals surface area (Å²) in [6.07, 6.45) is 3.98. The monoisotopic (exact) mass is 286 g/mol. The van der Waals surface area contributed by atoms with Gasteiger partial charge in [0.25, 0.3) is 0 Å². The summed E-state index contributed by atoms with van der Waals surface area (Å²) in [4.78, 5) is 7.10. The third kappa shape index (κ3) is 9.70. The normalized spacial score (nSPS) is 22.4. The first kappa shape index (κ1) is 19.8. The summed E-state index contributed by atoms with van der Waals surface area (Å²) in [6, 6.07) is 0.830. The molecule has 0 spiro atoms. The second kappa shape index (κ2) is 12.6. The van der Waals surface area contributed by atoms with Crippen LogP contribution in [0, 0.1) is 0 Å². The van der Waals surface area contributed by atoms with E-state index in [0.29, 0.717) is 0 Å². The molecule has 2 aliphatic heterocycles. The Morgan fingerprint density at radius 3 is 1.95 bits per heavy atom. The van der Waals surface area contributed by atoms with Gasteiger partial charge in [-0.05, 0) is 73.6 Å². The summed E-state index contributed by atoms with van der Waals surface area (Å²) in [6.45, 7) is 11.4. The van der Waals surface area contributed by atoms with Crippen molar-refractivity contribution in [1.29, 1.82) is 0 Å². The quantitative estimate of drug-likeness (QED) is 0.790. The molecule has 0 bridgehead atoms. The van der Waals surface area contributed by atoms with Crippen molar-refractivity contribution in [1.82, 2.24) is 20.0 Å². The summed E-state index contributed by atoms with van der Waals surface area (Å²) in [5.74, 6) is 0. The van der Waals surface area contributed by atoms with Crippen LogP contribution >= 0.6 is 0 Å². The number of nitrogens with one attached hydrogen (secondary N) is 1. The lowest BCUT2D eigenvalue weighted by molar-refractivity contribution is 0.166. The van der Waals surface area contributed by atoms with Crippen LogP contribution in [0.2, 0.25) is 0 Å². The molecule has 1 N–H and O–H groups in total. The lowest BCUT2D eigenvalue weighted by Gasteiger charge is -2.32. The molecule has 0 aromatic rings. The zero-order valence-corrected chi connectivity index (χ0v) is 14.8. The van der Waals surface area contributed by atoms with Gasteiger partial charge >= 0.3 is 0 Å². The minimum Gasteiger partial charge on any atom is -0.315 e. The first-order chi connectivity index (χ1) is 9.59. The second-order valence-corrected chi connectivity index (χ2v) is 5.90. The Balaban J connectivity index is 0.000000327. The van der Waals surface area contributed by atoms with Crippen LogP contribution in [0.3, 0.4) is 0 Å². The lowest BCUT2D eigenvalue weighted by atomic mass is 10.1. The van der Waals surface area contributed by atoms with Crippen molar-refractivity contribution < 1.29 is 0 Å². The number of likely N-dealkylation sites (N-methyl/N-ethyl adjacent to an activating group) is 1. The summed E-state index contributed by atoms with van der Waals surface area (Å²) in [5, 5.41) is 3.34. The number of likely N-dealkylation sites (tertiary alicyclic amines) is 1. The predicted octanol–water partition coefficient (Wildman–Crippen LogP) is 1.58. The Kier molecular flexibility index (Phi) is 12.5. The van der Waals surface area contributed by atoms with Crippen molar-refractivity contribution in [2.24, 2.45) is 0 Å². The lowest BCUT2D eigenvalue weighted by Crippen LogP contribution is -2.40. The summed E-state index contributed by atoms with van der Waals surface area (Å²) >= 11 is 0. The topological polar surface area (TPSA) is 21.8 Å². The van der Waals surface area contributed by atoms with Gasteiger partial charge in [0.2, 0.25) is 0 Å². The maximum absolute atomic E-state index is 3.34. The average Bonchev–Trinajstić information content (AvgIpc) is 2.70. The molecule has 4 nitrogen and oxygen atoms in total. The van der Waals surface area contributed by atoms with Crippen LogP contribution in [0.5, 0.6) is 0 Å². The maximum Gasteiger partial charge on any atom is 0.0113 e. The van der Waals surface area contributed by atoms with Gasteiger partial charge in [-0.15, -0.1) is 0 Å². The highest BCUT2D eigenvalue weighted by atomic mass is 15.2. The van der Waals surface area contributed by atoms with Gasteiger partial charge in [-0.2, -0.15) is 0 Å². The van der Waals surface area contributed by atoms with E-state index in [9.17, 15) is 0 Å². The molecular weight excluding hydrogens is 248 g/mol. The van der Waals surface area contributed by atoms with E-state index in [1.807, 2.05) is 13.8 Å². The van der Waals surface area contributed by atoms with Crippen molar-refractivity contribution in [3.05, 3.63) is 0 Å². The van der Waals surface area contributed by atoms with Crippen molar-refractivity contribution in [2.45, 2.75) is 39.2 Å². The highest BCUT2D eigenvalue weighted by molar-refractivity contribution is 4.74. The molecule has 122 valence electrons. The first-order valence-electron chi connectivity index (χ1n) is 8.34. The van der Waals surface area contributed by atoms with Gasteiger partial charge in [-0.3, -0.25) is 0 Å². The van der Waals surface area contributed by atoms with Gasteiger partial charge in [0, 0.05) is 19.1 Å². The van der Waals surface area contributed by atoms with E-state index in [1.165, 1.54) is 52.0 Å². The van der Waals surface area contributed by atoms with Gasteiger partial charge in [-0.1, -0.05) is 13.8 Å². The summed E-state index contributed by atoms with van der Waals surface area (Å²) in [5.41, 5.74) is 0. The van der Waals surface area contributed by atoms with Gasteiger partial charge < -0.3 is 20.0 Å². The molecule has 2 fully saturated rings. The number of hydrogen-bond donors (Lipinski definition) is 1. The van der Waals surface area contributed by atoms with Crippen molar-refractivity contribution in [3.8, 4) is 0 Å². The van der Waals surface area contributed by atoms with Crippen molar-refractivity contribution >= 4 is 0 Å². The Bertz CT molecular complexity index is 193. The van der Waals surface area contributed by atoms with E-state index in [4.69, 9.17) is 0 Å². The molecule has 2 heterocycles. The van der Waals surface area contributed by atoms with Gasteiger partial charge in [0.15, 0.2) is 0 Å². The zero-order chi connectivity index (χ0) is 15.4. The molecular formula is C16H38N4. The highest BCUT2D eigenvalue weighted by Crippen LogP contribution is 2.11. The summed E-state index contributed by atoms with van der Waals surface area (Å²) in [7, 11) is 8.73. The van der Waals surface area contributed by atoms with Crippen molar-refractivity contribution in [3.63, 3.8) is 0 Å². The largest absolute Gasteiger partial charge is 0.315 e. The Labute approximate surface area is 127 Å². The Morgan fingerprint density at radius 2 is 1.40 bits per heavy atom. The molecule has 4 heteroatoms. The van der Waals surface area contributed by atoms with Crippen LogP contribution < -0.4 is 5.32 Å². The Morgan fingerprint density at radius 1 is 0.850 bits per heavy atom. The van der Waals surface area contributed by atoms with Gasteiger partial charge in [0.05, 0.1) is 0 Å². The molecule has 2 aliphatic rings. The summed E-state index contributed by atoms with van der Waals surface area (Å²) < 4.78 is 0. The van der Waals surface area contributed by atoms with Gasteiger partial charge in [0.1, 0.15) is 0 Å². The van der Waals surface area contributed by atoms with E-state index < -0.39 is 0 Å². The van der Waals surface area contributed by atoms with E-state index in [1.54, 1.807) is 0 Å². The fourth-order valence-electron chi connectivity index (χ4n) is 2.49. The molecule has 0 aliphatic carbocycles. The van der Waals surface area contributed by atoms with Crippen LogP contribution in [0.4, 0.5) is 0 Å². The Hall–Kier alpha value is -0.160. The fraction of sp³-hybridized carbons (Fsp3) is 1.00. The fourth-order valence-corrected chi connectivity index (χ4v) is 2.49. The molecule has 2 saturated heterocycles. The number of hydrogen-bond acceptors (Lipinski definition) is 4. The molecule has 0 atom stereocenters. The van der Waals surface area contributed by atoms with Crippen molar-refractivity contribution in [2.75, 3.05) is 67.5 Å². The van der Waals surface area contributed by atoms with E-state index >= 15 is 0 Å². The molecule has 2 rings (SSSR count). The number of piperidine rings is 1. The van der Waals surface area contributed by atoms with Crippen LogP contribution in [0.1, 0.15) is 33.1 Å². The highest BCUT2D eigenvalue weighted by Gasteiger charge is 2.17. The third-order valence-corrected chi connectivity index (χ3v) is 3.98. The first-order valence-corrected chi connectivity index (χ1v) is 8.34. The minimum atomic E-state index is 0.830. The maximum atomic E-state index is 3.34. The molecule has 0 radical (unpaired) electrons. The van der Waals surface area contributed by atoms with Crippen LogP contribution in [-0.4, -0.2) is 88.2 Å². The van der Waals surface area contributed by atoms with E-state index in [-0.39, 0.29) is 0 Å². The third-order valence-electron chi connectivity index (χ3n) is 3.98. The van der Waals surface area contributed by atoms with E-state index in [0.717, 1.165) is 12.6 Å². The average molecular weight is 287 g/mol. The van der Waals surface area contributed by atoms with E-state index in [2.05, 4.69) is 48.2 Å². The molecule has 0 aromatic heterocycles. The second-order valence-electron chi connectivity index (χ2n) is 5.90. The predicted molar refractivity (Wildman–Crippen MR) is 90.5 cm³/mol. The molecule has 0 amide bonds. The molecule has 0 unspecified atom stereocenters. The number of nitrogens with zero attached hydrogens (tertiary/aromatic N) is 3. The molecule has 0 saturated carbocycles. The number of rotatable bonds is 1. The smallest absolute Gasteiger partial charge is 0.0113 e. The zero-order valence-electron chi connectivity index (χ0n) is 14.8. The van der Waals surface area contributed by atoms with Crippen LogP contribution in [0.15, 0.2) is 0 Å². The SMILES string of the molecule is CC.CN1CCC(N(C)C)CC1.CN1CCCNCC1. The van der Waals surface area contributed by atoms with Gasteiger partial charge in [-0.25, -0.2) is 0 Å². The molecule has 0 aromatic carbocycles. The standard InChI is InChI=1S/C8H18N2.C6H14N2.C2H6/c1-9(2)8-4-6-10(3)7-5-8;1-8-5-2-3-7-4-6-8;1-2/h8H,4-7H2,1-3H3;7H,2-6H2,1H3;1-2H3. The van der Waals surface area contributed by atoms with Crippen LogP contribution in [0.25, 0.3) is 0 Å².